The van der Waals surface area contributed by atoms with E-state index in [2.05, 4.69) is 15.0 Å². The molecule has 0 radical (unpaired) electrons. The van der Waals surface area contributed by atoms with E-state index in [4.69, 9.17) is 4.52 Å². The average Bonchev–Trinajstić information content (AvgIpc) is 3.32. The minimum absolute atomic E-state index is 0.211. The third kappa shape index (κ3) is 3.36. The zero-order valence-electron chi connectivity index (χ0n) is 14.2. The zero-order valence-corrected chi connectivity index (χ0v) is 14.2. The minimum Gasteiger partial charge on any atom is -0.478 e. The molecule has 1 unspecified atom stereocenters. The molecule has 1 N–H and O–H groups in total. The average molecular weight is 349 g/mol. The van der Waals surface area contributed by atoms with Gasteiger partial charge in [0.2, 0.25) is 0 Å². The van der Waals surface area contributed by atoms with Gasteiger partial charge in [-0.05, 0) is 42.6 Å². The molecule has 26 heavy (non-hydrogen) atoms. The number of hydrogen-bond donors (Lipinski definition) is 1. The number of nitrogens with zero attached hydrogens (tertiary/aromatic N) is 3. The van der Waals surface area contributed by atoms with E-state index < -0.39 is 5.97 Å². The topological polar surface area (TPSA) is 79.5 Å². The van der Waals surface area contributed by atoms with Crippen molar-refractivity contribution < 1.29 is 14.4 Å². The van der Waals surface area contributed by atoms with E-state index in [9.17, 15) is 9.90 Å². The minimum atomic E-state index is -0.871. The van der Waals surface area contributed by atoms with Gasteiger partial charge in [0.05, 0.1) is 12.1 Å². The highest BCUT2D eigenvalue weighted by molar-refractivity contribution is 5.89. The van der Waals surface area contributed by atoms with Gasteiger partial charge in [-0.3, -0.25) is 4.90 Å². The van der Waals surface area contributed by atoms with Crippen molar-refractivity contribution in [2.45, 2.75) is 18.9 Å². The molecule has 0 spiro atoms. The third-order valence-corrected chi connectivity index (χ3v) is 4.76. The lowest BCUT2D eigenvalue weighted by atomic mass is 9.93. The Labute approximate surface area is 151 Å². The first-order valence-electron chi connectivity index (χ1n) is 8.63. The fraction of sp³-hybridized carbons (Fsp3) is 0.250. The maximum Gasteiger partial charge on any atom is 0.335 e. The Bertz CT molecular complexity index is 907. The molecule has 0 bridgehead atoms. The van der Waals surface area contributed by atoms with E-state index in [-0.39, 0.29) is 5.92 Å². The van der Waals surface area contributed by atoms with Gasteiger partial charge in [-0.15, -0.1) is 0 Å². The van der Waals surface area contributed by atoms with Crippen LogP contribution >= 0.6 is 0 Å². The zero-order chi connectivity index (χ0) is 17.9. The highest BCUT2D eigenvalue weighted by atomic mass is 16.5. The Morgan fingerprint density at radius 2 is 1.92 bits per heavy atom. The monoisotopic (exact) mass is 349 g/mol. The van der Waals surface area contributed by atoms with Crippen LogP contribution in [0, 0.1) is 0 Å². The molecule has 0 saturated carbocycles. The highest BCUT2D eigenvalue weighted by Crippen LogP contribution is 2.30. The molecule has 2 heterocycles. The van der Waals surface area contributed by atoms with Gasteiger partial charge in [-0.25, -0.2) is 4.79 Å². The second-order valence-corrected chi connectivity index (χ2v) is 6.49. The number of aromatic carboxylic acids is 1. The maximum absolute atomic E-state index is 11.4. The SMILES string of the molecule is O=C(O)c1ccccc1C1CCN(Cc2noc(-c3ccccc3)n2)C1. The lowest BCUT2D eigenvalue weighted by molar-refractivity contribution is 0.0695. The number of carbonyl (C=O) groups is 1. The molecule has 0 aliphatic carbocycles. The van der Waals surface area contributed by atoms with Gasteiger partial charge < -0.3 is 9.63 Å². The first-order valence-corrected chi connectivity index (χ1v) is 8.63. The van der Waals surface area contributed by atoms with E-state index in [0.717, 1.165) is 30.6 Å². The van der Waals surface area contributed by atoms with Gasteiger partial charge in [0.1, 0.15) is 0 Å². The number of benzene rings is 2. The molecule has 6 nitrogen and oxygen atoms in total. The van der Waals surface area contributed by atoms with Crippen LogP contribution in [-0.2, 0) is 6.54 Å². The standard InChI is InChI=1S/C20H19N3O3/c24-20(25)17-9-5-4-8-16(17)15-10-11-23(12-15)13-18-21-19(26-22-18)14-6-2-1-3-7-14/h1-9,15H,10-13H2,(H,24,25). The van der Waals surface area contributed by atoms with Crippen molar-refractivity contribution in [3.63, 3.8) is 0 Å². The van der Waals surface area contributed by atoms with Crippen molar-refractivity contribution >= 4 is 5.97 Å². The quantitative estimate of drug-likeness (QED) is 0.760. The van der Waals surface area contributed by atoms with Crippen LogP contribution in [0.2, 0.25) is 0 Å². The van der Waals surface area contributed by atoms with Gasteiger partial charge in [0.15, 0.2) is 5.82 Å². The van der Waals surface area contributed by atoms with Crippen LogP contribution in [0.5, 0.6) is 0 Å². The second-order valence-electron chi connectivity index (χ2n) is 6.49. The Hall–Kier alpha value is -2.99. The molecular formula is C20H19N3O3. The molecule has 132 valence electrons. The van der Waals surface area contributed by atoms with Crippen LogP contribution in [0.25, 0.3) is 11.5 Å². The molecule has 1 atom stereocenters. The molecule has 0 amide bonds. The third-order valence-electron chi connectivity index (χ3n) is 4.76. The number of likely N-dealkylation sites (tertiary alicyclic amines) is 1. The van der Waals surface area contributed by atoms with E-state index in [1.165, 1.54) is 0 Å². The molecule has 6 heteroatoms. The highest BCUT2D eigenvalue weighted by Gasteiger charge is 2.27. The molecule has 2 aromatic carbocycles. The van der Waals surface area contributed by atoms with E-state index in [1.807, 2.05) is 42.5 Å². The van der Waals surface area contributed by atoms with Gasteiger partial charge in [-0.1, -0.05) is 41.6 Å². The largest absolute Gasteiger partial charge is 0.478 e. The molecule has 1 aliphatic rings. The van der Waals surface area contributed by atoms with Crippen molar-refractivity contribution in [3.8, 4) is 11.5 Å². The van der Waals surface area contributed by atoms with Gasteiger partial charge >= 0.3 is 5.97 Å². The predicted octanol–water partition coefficient (Wildman–Crippen LogP) is 3.42. The molecule has 1 aliphatic heterocycles. The number of carboxylic acids is 1. The van der Waals surface area contributed by atoms with E-state index in [1.54, 1.807) is 12.1 Å². The van der Waals surface area contributed by atoms with Crippen LogP contribution in [0.4, 0.5) is 0 Å². The first kappa shape index (κ1) is 16.5. The summed E-state index contributed by atoms with van der Waals surface area (Å²) in [6.07, 6.45) is 0.924. The molecular weight excluding hydrogens is 330 g/mol. The van der Waals surface area contributed by atoms with Gasteiger partial charge in [-0.2, -0.15) is 4.98 Å². The van der Waals surface area contributed by atoms with E-state index in [0.29, 0.717) is 23.8 Å². The fourth-order valence-corrected chi connectivity index (χ4v) is 3.49. The number of rotatable bonds is 5. The Morgan fingerprint density at radius 3 is 2.73 bits per heavy atom. The van der Waals surface area contributed by atoms with Crippen molar-refractivity contribution in [3.05, 3.63) is 71.5 Å². The Morgan fingerprint density at radius 1 is 1.15 bits per heavy atom. The Kier molecular flexibility index (Phi) is 4.50. The number of hydrogen-bond acceptors (Lipinski definition) is 5. The van der Waals surface area contributed by atoms with Gasteiger partial charge in [0, 0.05) is 12.1 Å². The number of aromatic nitrogens is 2. The van der Waals surface area contributed by atoms with Crippen LogP contribution in [0.3, 0.4) is 0 Å². The molecule has 4 rings (SSSR count). The molecule has 1 fully saturated rings. The summed E-state index contributed by atoms with van der Waals surface area (Å²) in [7, 11) is 0. The molecule has 1 aromatic heterocycles. The molecule has 1 saturated heterocycles. The van der Waals surface area contributed by atoms with Crippen molar-refractivity contribution in [1.82, 2.24) is 15.0 Å². The summed E-state index contributed by atoms with van der Waals surface area (Å²) in [5.41, 5.74) is 2.20. The molecule has 3 aromatic rings. The van der Waals surface area contributed by atoms with Crippen molar-refractivity contribution in [1.29, 1.82) is 0 Å². The summed E-state index contributed by atoms with van der Waals surface area (Å²) >= 11 is 0. The lowest BCUT2D eigenvalue weighted by Crippen LogP contribution is -2.21. The Balaban J connectivity index is 1.44. The van der Waals surface area contributed by atoms with Gasteiger partial charge in [0.25, 0.3) is 5.89 Å². The van der Waals surface area contributed by atoms with Crippen LogP contribution in [0.15, 0.2) is 59.1 Å². The summed E-state index contributed by atoms with van der Waals surface area (Å²) in [5.74, 6) is 0.510. The first-order chi connectivity index (χ1) is 12.7. The summed E-state index contributed by atoms with van der Waals surface area (Å²) in [4.78, 5) is 18.2. The summed E-state index contributed by atoms with van der Waals surface area (Å²) in [6.45, 7) is 2.27. The summed E-state index contributed by atoms with van der Waals surface area (Å²) in [5, 5.41) is 13.5. The lowest BCUT2D eigenvalue weighted by Gasteiger charge is -2.15. The van der Waals surface area contributed by atoms with Crippen LogP contribution in [-0.4, -0.2) is 39.2 Å². The maximum atomic E-state index is 11.4. The van der Waals surface area contributed by atoms with Crippen molar-refractivity contribution in [2.24, 2.45) is 0 Å². The second kappa shape index (κ2) is 7.09. The van der Waals surface area contributed by atoms with Crippen molar-refractivity contribution in [2.75, 3.05) is 13.1 Å². The van der Waals surface area contributed by atoms with Crippen LogP contribution < -0.4 is 0 Å². The normalized spacial score (nSPS) is 17.5. The van der Waals surface area contributed by atoms with E-state index >= 15 is 0 Å². The fourth-order valence-electron chi connectivity index (χ4n) is 3.49. The predicted molar refractivity (Wildman–Crippen MR) is 95.8 cm³/mol. The smallest absolute Gasteiger partial charge is 0.335 e. The summed E-state index contributed by atoms with van der Waals surface area (Å²) < 4.78 is 5.36. The van der Waals surface area contributed by atoms with Crippen LogP contribution in [0.1, 0.15) is 34.1 Å². The summed E-state index contributed by atoms with van der Waals surface area (Å²) in [6, 6.07) is 16.9. The number of carboxylic acid groups (broad SMARTS) is 1.